The summed E-state index contributed by atoms with van der Waals surface area (Å²) in [5.74, 6) is -1.65. The number of aromatic nitrogens is 2. The number of fused-ring (bicyclic) bond motifs is 1. The number of likely N-dealkylation sites (tertiary alicyclic amines) is 1. The van der Waals surface area contributed by atoms with Gasteiger partial charge in [-0.3, -0.25) is 23.7 Å². The normalized spacial score (nSPS) is 15.6. The summed E-state index contributed by atoms with van der Waals surface area (Å²) in [6.45, 7) is 2.85. The van der Waals surface area contributed by atoms with E-state index in [1.165, 1.54) is 13.8 Å². The minimum atomic E-state index is -4.73. The van der Waals surface area contributed by atoms with Gasteiger partial charge in [0.05, 0.1) is 16.5 Å². The van der Waals surface area contributed by atoms with Gasteiger partial charge in [-0.2, -0.15) is 13.2 Å². The Morgan fingerprint density at radius 2 is 1.85 bits per heavy atom. The van der Waals surface area contributed by atoms with Gasteiger partial charge in [-0.1, -0.05) is 0 Å². The molecule has 0 spiro atoms. The molecular weight excluding hydrogens is 543 g/mol. The van der Waals surface area contributed by atoms with Crippen LogP contribution in [0.3, 0.4) is 0 Å². The first-order valence-corrected chi connectivity index (χ1v) is 12.9. The molecule has 10 nitrogen and oxygen atoms in total. The molecule has 3 aromatic rings. The summed E-state index contributed by atoms with van der Waals surface area (Å²) < 4.78 is 43.0. The second kappa shape index (κ2) is 11.6. The molecule has 41 heavy (non-hydrogen) atoms. The first-order chi connectivity index (χ1) is 19.2. The van der Waals surface area contributed by atoms with Crippen LogP contribution in [0.5, 0.6) is 0 Å². The molecule has 218 valence electrons. The van der Waals surface area contributed by atoms with Gasteiger partial charge in [0.25, 0.3) is 11.5 Å². The Kier molecular flexibility index (Phi) is 8.36. The highest BCUT2D eigenvalue weighted by molar-refractivity contribution is 5.94. The number of benzene rings is 2. The smallest absolute Gasteiger partial charge is 0.416 e. The number of nitrogens with one attached hydrogen (secondary N) is 1. The molecule has 0 saturated carbocycles. The number of alkyl halides is 3. The number of carbonyl (C=O) groups excluding carboxylic acids is 2. The lowest BCUT2D eigenvalue weighted by atomic mass is 10.0. The zero-order valence-electron chi connectivity index (χ0n) is 22.8. The van der Waals surface area contributed by atoms with E-state index in [-0.39, 0.29) is 46.7 Å². The van der Waals surface area contributed by atoms with E-state index < -0.39 is 29.8 Å². The molecule has 0 aliphatic carbocycles. The average Bonchev–Trinajstić information content (AvgIpc) is 2.90. The maximum absolute atomic E-state index is 14.0. The molecule has 1 aliphatic heterocycles. The van der Waals surface area contributed by atoms with Crippen molar-refractivity contribution in [1.29, 1.82) is 0 Å². The molecule has 1 atom stereocenters. The van der Waals surface area contributed by atoms with Crippen molar-refractivity contribution >= 4 is 34.4 Å². The quantitative estimate of drug-likeness (QED) is 0.445. The Balaban J connectivity index is 1.59. The summed E-state index contributed by atoms with van der Waals surface area (Å²) in [6, 6.07) is 8.25. The van der Waals surface area contributed by atoms with Crippen molar-refractivity contribution in [1.82, 2.24) is 19.8 Å². The Bertz CT molecular complexity index is 1550. The minimum Gasteiger partial charge on any atom is -0.480 e. The van der Waals surface area contributed by atoms with E-state index in [4.69, 9.17) is 5.11 Å². The maximum Gasteiger partial charge on any atom is 0.416 e. The molecule has 0 bridgehead atoms. The third kappa shape index (κ3) is 6.67. The lowest BCUT2D eigenvalue weighted by molar-refractivity contribution is -0.138. The number of anilines is 1. The number of aryl methyl sites for hydroxylation is 1. The Hall–Kier alpha value is -4.42. The van der Waals surface area contributed by atoms with E-state index in [1.807, 2.05) is 0 Å². The van der Waals surface area contributed by atoms with Crippen molar-refractivity contribution in [2.75, 3.05) is 25.0 Å². The predicted molar refractivity (Wildman–Crippen MR) is 145 cm³/mol. The third-order valence-electron chi connectivity index (χ3n) is 7.05. The highest BCUT2D eigenvalue weighted by Crippen LogP contribution is 2.35. The van der Waals surface area contributed by atoms with Crippen LogP contribution in [-0.4, -0.2) is 63.5 Å². The van der Waals surface area contributed by atoms with Crippen molar-refractivity contribution < 1.29 is 32.7 Å². The Morgan fingerprint density at radius 1 is 1.17 bits per heavy atom. The fourth-order valence-electron chi connectivity index (χ4n) is 5.09. The predicted octanol–water partition coefficient (Wildman–Crippen LogP) is 3.19. The Morgan fingerprint density at radius 3 is 2.46 bits per heavy atom. The van der Waals surface area contributed by atoms with Crippen LogP contribution in [-0.2, 0) is 28.9 Å². The molecule has 1 aliphatic rings. The van der Waals surface area contributed by atoms with Gasteiger partial charge in [0.1, 0.15) is 12.4 Å². The van der Waals surface area contributed by atoms with E-state index in [0.29, 0.717) is 24.3 Å². The van der Waals surface area contributed by atoms with Crippen LogP contribution in [0, 0.1) is 6.92 Å². The first kappa shape index (κ1) is 29.6. The minimum absolute atomic E-state index is 0.00674. The fraction of sp³-hybridized carbons (Fsp3) is 0.393. The number of rotatable bonds is 7. The van der Waals surface area contributed by atoms with Crippen LogP contribution in [0.4, 0.5) is 18.9 Å². The van der Waals surface area contributed by atoms with E-state index in [2.05, 4.69) is 10.3 Å². The van der Waals surface area contributed by atoms with Crippen molar-refractivity contribution in [3.63, 3.8) is 0 Å². The summed E-state index contributed by atoms with van der Waals surface area (Å²) >= 11 is 0. The molecule has 2 N–H and O–H groups in total. The molecule has 1 fully saturated rings. The molecule has 0 radical (unpaired) electrons. The lowest BCUT2D eigenvalue weighted by Gasteiger charge is -2.33. The molecule has 4 rings (SSSR count). The second-order valence-electron chi connectivity index (χ2n) is 10.2. The number of amides is 2. The number of piperidine rings is 1. The van der Waals surface area contributed by atoms with Crippen LogP contribution in [0.2, 0.25) is 0 Å². The molecule has 2 aromatic carbocycles. The molecule has 1 aromatic heterocycles. The number of nitrogens with zero attached hydrogens (tertiary/aromatic N) is 4. The first-order valence-electron chi connectivity index (χ1n) is 12.9. The molecule has 2 heterocycles. The van der Waals surface area contributed by atoms with Gasteiger partial charge in [0.2, 0.25) is 5.91 Å². The second-order valence-corrected chi connectivity index (χ2v) is 10.2. The number of carboxylic acids is 1. The fourth-order valence-corrected chi connectivity index (χ4v) is 5.09. The van der Waals surface area contributed by atoms with Crippen LogP contribution in [0.15, 0.2) is 41.2 Å². The molecule has 1 unspecified atom stereocenters. The van der Waals surface area contributed by atoms with E-state index in [1.54, 1.807) is 41.1 Å². The van der Waals surface area contributed by atoms with Gasteiger partial charge in [-0.15, -0.1) is 0 Å². The van der Waals surface area contributed by atoms with Crippen LogP contribution < -0.4 is 15.8 Å². The van der Waals surface area contributed by atoms with E-state index in [9.17, 15) is 32.3 Å². The number of aliphatic carboxylic acids is 1. The lowest BCUT2D eigenvalue weighted by Crippen LogP contribution is -2.49. The monoisotopic (exact) mass is 573 g/mol. The molecule has 13 heteroatoms. The number of carboxylic acid groups (broad SMARTS) is 1. The van der Waals surface area contributed by atoms with Crippen molar-refractivity contribution in [3.05, 3.63) is 69.3 Å². The number of carbonyl (C=O) groups is 3. The van der Waals surface area contributed by atoms with E-state index >= 15 is 0 Å². The number of halogens is 3. The zero-order valence-corrected chi connectivity index (χ0v) is 22.8. The maximum atomic E-state index is 14.0. The van der Waals surface area contributed by atoms with Crippen LogP contribution >= 0.6 is 0 Å². The van der Waals surface area contributed by atoms with Crippen molar-refractivity contribution in [3.8, 4) is 0 Å². The Labute approximate surface area is 233 Å². The van der Waals surface area contributed by atoms with Crippen molar-refractivity contribution in [2.24, 2.45) is 0 Å². The van der Waals surface area contributed by atoms with Gasteiger partial charge in [-0.25, -0.2) is 4.98 Å². The number of hydrogen-bond donors (Lipinski definition) is 2. The molecular formula is C28H30F3N5O5. The topological polar surface area (TPSA) is 125 Å². The SMILES string of the molecule is CC(=O)NC1CCCN(C(=O)c2ccc(N(C)Cc3cc4c(=O)n(CC(=O)O)c(C)nc4cc3C(F)(F)F)cc2)C1. The van der Waals surface area contributed by atoms with Gasteiger partial charge in [0, 0.05) is 50.9 Å². The van der Waals surface area contributed by atoms with Crippen molar-refractivity contribution in [2.45, 2.75) is 52.0 Å². The van der Waals surface area contributed by atoms with Crippen LogP contribution in [0.25, 0.3) is 10.9 Å². The summed E-state index contributed by atoms with van der Waals surface area (Å²) in [5, 5.41) is 11.8. The highest BCUT2D eigenvalue weighted by atomic mass is 19.4. The average molecular weight is 574 g/mol. The zero-order chi connectivity index (χ0) is 30.1. The highest BCUT2D eigenvalue weighted by Gasteiger charge is 2.34. The third-order valence-corrected chi connectivity index (χ3v) is 7.05. The van der Waals surface area contributed by atoms with Gasteiger partial charge < -0.3 is 20.2 Å². The summed E-state index contributed by atoms with van der Waals surface area (Å²) in [4.78, 5) is 55.9. The number of hydrogen-bond acceptors (Lipinski definition) is 6. The van der Waals surface area contributed by atoms with Gasteiger partial charge >= 0.3 is 12.1 Å². The van der Waals surface area contributed by atoms with Crippen LogP contribution in [0.1, 0.15) is 47.1 Å². The summed E-state index contributed by atoms with van der Waals surface area (Å²) in [5.41, 5.74) is -1.11. The largest absolute Gasteiger partial charge is 0.480 e. The summed E-state index contributed by atoms with van der Waals surface area (Å²) in [7, 11) is 1.58. The van der Waals surface area contributed by atoms with Gasteiger partial charge in [-0.05, 0) is 61.7 Å². The standard InChI is InChI=1S/C28H30F3N5O5/c1-16-32-24-12-23(28(29,30)31)19(11-22(24)27(41)36(16)15-25(38)39)13-34(3)21-8-6-18(7-9-21)26(40)35-10-4-5-20(14-35)33-17(2)37/h6-9,11-12,20H,4-5,10,13-15H2,1-3H3,(H,33,37)(H,38,39). The van der Waals surface area contributed by atoms with Gasteiger partial charge in [0.15, 0.2) is 0 Å². The molecule has 2 amide bonds. The van der Waals surface area contributed by atoms with E-state index in [0.717, 1.165) is 29.5 Å². The summed E-state index contributed by atoms with van der Waals surface area (Å²) in [6.07, 6.45) is -3.19. The molecule has 1 saturated heterocycles.